The van der Waals surface area contributed by atoms with Gasteiger partial charge in [-0.2, -0.15) is 13.1 Å². The molecule has 0 aliphatic carbocycles. The van der Waals surface area contributed by atoms with Gasteiger partial charge in [0, 0.05) is 17.7 Å². The van der Waals surface area contributed by atoms with Gasteiger partial charge < -0.3 is 15.2 Å². The molecule has 2 rings (SSSR count). The molecule has 0 amide bonds. The summed E-state index contributed by atoms with van der Waals surface area (Å²) in [4.78, 5) is 0. The van der Waals surface area contributed by atoms with Crippen LogP contribution in [0, 0.1) is 0 Å². The fourth-order valence-corrected chi connectivity index (χ4v) is 3.09. The van der Waals surface area contributed by atoms with Crippen LogP contribution < -0.4 is 24.7 Å². The molecule has 0 saturated carbocycles. The van der Waals surface area contributed by atoms with Gasteiger partial charge in [-0.1, -0.05) is 0 Å². The Balaban J connectivity index is 2.25. The smallest absolute Gasteiger partial charge is 0.299 e. The Morgan fingerprint density at radius 1 is 1.15 bits per heavy atom. The van der Waals surface area contributed by atoms with Gasteiger partial charge in [0.15, 0.2) is 11.5 Å². The van der Waals surface area contributed by atoms with E-state index in [-0.39, 0.29) is 11.4 Å². The molecule has 8 heteroatoms. The summed E-state index contributed by atoms with van der Waals surface area (Å²) in [7, 11) is -3.72. The number of fused-ring (bicyclic) bond motifs is 1. The Morgan fingerprint density at radius 2 is 1.70 bits per heavy atom. The summed E-state index contributed by atoms with van der Waals surface area (Å²) in [5.41, 5.74) is 5.76. The predicted octanol–water partition coefficient (Wildman–Crippen LogP) is 1.08. The summed E-state index contributed by atoms with van der Waals surface area (Å²) >= 11 is 0. The van der Waals surface area contributed by atoms with Crippen molar-refractivity contribution in [3.05, 3.63) is 12.1 Å². The highest BCUT2D eigenvalue weighted by Crippen LogP contribution is 2.37. The second-order valence-electron chi connectivity index (χ2n) is 5.54. The largest absolute Gasteiger partial charge is 0.486 e. The summed E-state index contributed by atoms with van der Waals surface area (Å²) in [6, 6.07) is 3.06. The highest BCUT2D eigenvalue weighted by molar-refractivity contribution is 7.90. The van der Waals surface area contributed by atoms with E-state index in [1.807, 2.05) is 0 Å². The third-order valence-electron chi connectivity index (χ3n) is 2.40. The lowest BCUT2D eigenvalue weighted by Gasteiger charge is -2.23. The van der Waals surface area contributed by atoms with Gasteiger partial charge in [0.25, 0.3) is 10.2 Å². The van der Waals surface area contributed by atoms with Gasteiger partial charge in [0.1, 0.15) is 13.2 Å². The molecule has 1 aromatic rings. The van der Waals surface area contributed by atoms with Crippen molar-refractivity contribution in [1.82, 2.24) is 4.72 Å². The highest BCUT2D eigenvalue weighted by atomic mass is 32.2. The van der Waals surface area contributed by atoms with Gasteiger partial charge >= 0.3 is 0 Å². The first-order valence-electron chi connectivity index (χ1n) is 6.17. The average molecular weight is 301 g/mol. The minimum Gasteiger partial charge on any atom is -0.486 e. The van der Waals surface area contributed by atoms with E-state index in [9.17, 15) is 8.42 Å². The summed E-state index contributed by atoms with van der Waals surface area (Å²) in [5.74, 6) is 0.986. The van der Waals surface area contributed by atoms with Gasteiger partial charge in [-0.05, 0) is 20.8 Å². The zero-order valence-electron chi connectivity index (χ0n) is 11.7. The topological polar surface area (TPSA) is 103 Å². The Hall–Kier alpha value is -1.67. The van der Waals surface area contributed by atoms with E-state index in [0.29, 0.717) is 24.7 Å². The third kappa shape index (κ3) is 3.67. The molecule has 4 N–H and O–H groups in total. The number of rotatable bonds is 3. The molecule has 7 nitrogen and oxygen atoms in total. The fraction of sp³-hybridized carbons (Fsp3) is 0.500. The second-order valence-corrected chi connectivity index (χ2v) is 6.96. The van der Waals surface area contributed by atoms with Crippen LogP contribution in [-0.2, 0) is 10.2 Å². The van der Waals surface area contributed by atoms with E-state index in [2.05, 4.69) is 9.44 Å². The lowest BCUT2D eigenvalue weighted by atomic mass is 10.1. The molecular formula is C12H19N3O4S. The van der Waals surface area contributed by atoms with Crippen molar-refractivity contribution < 1.29 is 17.9 Å². The maximum atomic E-state index is 12.0. The number of nitrogens with one attached hydrogen (secondary N) is 2. The van der Waals surface area contributed by atoms with Crippen LogP contribution in [0.3, 0.4) is 0 Å². The first kappa shape index (κ1) is 14.7. The van der Waals surface area contributed by atoms with Crippen LogP contribution in [0.1, 0.15) is 20.8 Å². The van der Waals surface area contributed by atoms with E-state index in [1.54, 1.807) is 26.8 Å². The maximum Gasteiger partial charge on any atom is 0.299 e. The highest BCUT2D eigenvalue weighted by Gasteiger charge is 2.22. The molecule has 0 saturated heterocycles. The zero-order chi connectivity index (χ0) is 15.0. The van der Waals surface area contributed by atoms with Crippen molar-refractivity contribution in [2.45, 2.75) is 26.3 Å². The summed E-state index contributed by atoms with van der Waals surface area (Å²) in [6.07, 6.45) is 0. The molecule has 0 fully saturated rings. The van der Waals surface area contributed by atoms with E-state index < -0.39 is 15.7 Å². The van der Waals surface area contributed by atoms with Gasteiger partial charge in [0.05, 0.1) is 11.4 Å². The maximum absolute atomic E-state index is 12.0. The summed E-state index contributed by atoms with van der Waals surface area (Å²) < 4.78 is 39.6. The quantitative estimate of drug-likeness (QED) is 0.725. The predicted molar refractivity (Wildman–Crippen MR) is 77.3 cm³/mol. The summed E-state index contributed by atoms with van der Waals surface area (Å²) in [6.45, 7) is 6.12. The molecule has 1 heterocycles. The number of ether oxygens (including phenoxy) is 2. The molecule has 112 valence electrons. The van der Waals surface area contributed by atoms with Crippen LogP contribution in [0.25, 0.3) is 0 Å². The molecule has 1 aliphatic rings. The van der Waals surface area contributed by atoms with Crippen LogP contribution >= 0.6 is 0 Å². The van der Waals surface area contributed by atoms with Crippen molar-refractivity contribution >= 4 is 21.6 Å². The van der Waals surface area contributed by atoms with E-state index >= 15 is 0 Å². The first-order chi connectivity index (χ1) is 9.16. The number of anilines is 2. The van der Waals surface area contributed by atoms with Crippen molar-refractivity contribution in [3.63, 3.8) is 0 Å². The number of hydrogen-bond acceptors (Lipinski definition) is 5. The van der Waals surface area contributed by atoms with Gasteiger partial charge in [-0.15, -0.1) is 0 Å². The van der Waals surface area contributed by atoms with E-state index in [1.165, 1.54) is 6.07 Å². The standard InChI is InChI=1S/C12H19N3O4S/c1-12(2,3)15-20(16,17)14-9-7-11-10(6-8(9)13)18-4-5-19-11/h6-7,14-15H,4-5,13H2,1-3H3. The van der Waals surface area contributed by atoms with Crippen molar-refractivity contribution in [2.24, 2.45) is 0 Å². The second kappa shape index (κ2) is 5.02. The average Bonchev–Trinajstić information content (AvgIpc) is 2.26. The van der Waals surface area contributed by atoms with Crippen molar-refractivity contribution in [1.29, 1.82) is 0 Å². The monoisotopic (exact) mass is 301 g/mol. The first-order valence-corrected chi connectivity index (χ1v) is 7.65. The molecule has 0 aromatic heterocycles. The SMILES string of the molecule is CC(C)(C)NS(=O)(=O)Nc1cc2c(cc1N)OCCO2. The molecule has 0 bridgehead atoms. The van der Waals surface area contributed by atoms with Crippen LogP contribution in [0.2, 0.25) is 0 Å². The third-order valence-corrected chi connectivity index (χ3v) is 3.77. The molecule has 0 spiro atoms. The molecule has 0 atom stereocenters. The number of benzene rings is 1. The fourth-order valence-electron chi connectivity index (χ4n) is 1.77. The zero-order valence-corrected chi connectivity index (χ0v) is 12.5. The van der Waals surface area contributed by atoms with Gasteiger partial charge in [-0.3, -0.25) is 4.72 Å². The Morgan fingerprint density at radius 3 is 2.25 bits per heavy atom. The van der Waals surface area contributed by atoms with Crippen LogP contribution in [0.15, 0.2) is 12.1 Å². The lowest BCUT2D eigenvalue weighted by molar-refractivity contribution is 0.172. The Labute approximate surface area is 118 Å². The minimum absolute atomic E-state index is 0.256. The molecule has 0 radical (unpaired) electrons. The number of hydrogen-bond donors (Lipinski definition) is 3. The van der Waals surface area contributed by atoms with Crippen molar-refractivity contribution in [3.8, 4) is 11.5 Å². The molecule has 1 aliphatic heterocycles. The normalized spacial score (nSPS) is 14.9. The number of nitrogen functional groups attached to an aromatic ring is 1. The minimum atomic E-state index is -3.72. The lowest BCUT2D eigenvalue weighted by Crippen LogP contribution is -2.43. The van der Waals surface area contributed by atoms with E-state index in [4.69, 9.17) is 15.2 Å². The van der Waals surface area contributed by atoms with Gasteiger partial charge in [-0.25, -0.2) is 0 Å². The van der Waals surface area contributed by atoms with Crippen LogP contribution in [0.5, 0.6) is 11.5 Å². The number of nitrogens with two attached hydrogens (primary N) is 1. The van der Waals surface area contributed by atoms with Crippen LogP contribution in [-0.4, -0.2) is 27.2 Å². The molecule has 20 heavy (non-hydrogen) atoms. The molecule has 1 aromatic carbocycles. The van der Waals surface area contributed by atoms with Gasteiger partial charge in [0.2, 0.25) is 0 Å². The van der Waals surface area contributed by atoms with Crippen molar-refractivity contribution in [2.75, 3.05) is 23.7 Å². The molecule has 0 unspecified atom stereocenters. The summed E-state index contributed by atoms with van der Waals surface area (Å²) in [5, 5.41) is 0. The Kier molecular flexibility index (Phi) is 3.70. The molecular weight excluding hydrogens is 282 g/mol. The van der Waals surface area contributed by atoms with E-state index in [0.717, 1.165) is 0 Å². The Bertz CT molecular complexity index is 608. The van der Waals surface area contributed by atoms with Crippen LogP contribution in [0.4, 0.5) is 11.4 Å².